The van der Waals surface area contributed by atoms with Crippen molar-refractivity contribution in [2.75, 3.05) is 0 Å². The average Bonchev–Trinajstić information content (AvgIpc) is 2.81. The molecule has 0 aliphatic rings. The van der Waals surface area contributed by atoms with Crippen LogP contribution in [0.1, 0.15) is 10.4 Å². The van der Waals surface area contributed by atoms with Crippen LogP contribution in [0.3, 0.4) is 0 Å². The van der Waals surface area contributed by atoms with Gasteiger partial charge in [0, 0.05) is 22.8 Å². The standard InChI is InChI=1S/C15H11FN2O/c16-12-4-5-14-10(8-12)6-7-18(14)13-3-1-2-11(9-13)15(17)19/h1-9H,(H2,17,19). The Morgan fingerprint density at radius 1 is 1.11 bits per heavy atom. The van der Waals surface area contributed by atoms with Crippen molar-refractivity contribution in [3.8, 4) is 5.69 Å². The summed E-state index contributed by atoms with van der Waals surface area (Å²) in [6, 6.07) is 13.4. The van der Waals surface area contributed by atoms with Crippen LogP contribution in [0.5, 0.6) is 0 Å². The van der Waals surface area contributed by atoms with Crippen LogP contribution in [-0.4, -0.2) is 10.5 Å². The fraction of sp³-hybridized carbons (Fsp3) is 0. The van der Waals surface area contributed by atoms with Gasteiger partial charge in [0.15, 0.2) is 0 Å². The Kier molecular flexibility index (Phi) is 2.56. The van der Waals surface area contributed by atoms with E-state index in [9.17, 15) is 9.18 Å². The number of rotatable bonds is 2. The van der Waals surface area contributed by atoms with Crippen LogP contribution >= 0.6 is 0 Å². The van der Waals surface area contributed by atoms with E-state index in [0.717, 1.165) is 16.6 Å². The highest BCUT2D eigenvalue weighted by Gasteiger charge is 2.06. The van der Waals surface area contributed by atoms with Gasteiger partial charge in [0.1, 0.15) is 5.82 Å². The van der Waals surface area contributed by atoms with E-state index in [0.29, 0.717) is 5.56 Å². The lowest BCUT2D eigenvalue weighted by molar-refractivity contribution is 0.100. The van der Waals surface area contributed by atoms with Gasteiger partial charge in [0.25, 0.3) is 0 Å². The third-order valence-corrected chi connectivity index (χ3v) is 3.06. The van der Waals surface area contributed by atoms with Crippen molar-refractivity contribution in [2.24, 2.45) is 5.73 Å². The average molecular weight is 254 g/mol. The second-order valence-electron chi connectivity index (χ2n) is 4.30. The molecule has 0 saturated heterocycles. The third kappa shape index (κ3) is 1.97. The van der Waals surface area contributed by atoms with E-state index in [1.54, 1.807) is 24.3 Å². The Morgan fingerprint density at radius 3 is 2.74 bits per heavy atom. The fourth-order valence-corrected chi connectivity index (χ4v) is 2.15. The van der Waals surface area contributed by atoms with Gasteiger partial charge >= 0.3 is 0 Å². The summed E-state index contributed by atoms with van der Waals surface area (Å²) in [5.41, 5.74) is 7.41. The number of halogens is 1. The van der Waals surface area contributed by atoms with Gasteiger partial charge in [-0.05, 0) is 42.5 Å². The zero-order chi connectivity index (χ0) is 13.4. The molecule has 3 rings (SSSR count). The van der Waals surface area contributed by atoms with Crippen molar-refractivity contribution in [1.29, 1.82) is 0 Å². The zero-order valence-corrected chi connectivity index (χ0v) is 10.0. The van der Waals surface area contributed by atoms with E-state index in [2.05, 4.69) is 0 Å². The summed E-state index contributed by atoms with van der Waals surface area (Å²) in [5, 5.41) is 0.810. The van der Waals surface area contributed by atoms with Crippen LogP contribution in [-0.2, 0) is 0 Å². The highest BCUT2D eigenvalue weighted by molar-refractivity contribution is 5.93. The summed E-state index contributed by atoms with van der Waals surface area (Å²) in [6.07, 6.45) is 1.84. The lowest BCUT2D eigenvalue weighted by Crippen LogP contribution is -2.11. The molecule has 0 spiro atoms. The molecule has 3 nitrogen and oxygen atoms in total. The number of carbonyl (C=O) groups is 1. The number of hydrogen-bond acceptors (Lipinski definition) is 1. The molecule has 1 amide bonds. The van der Waals surface area contributed by atoms with Crippen LogP contribution in [0.25, 0.3) is 16.6 Å². The van der Waals surface area contributed by atoms with Crippen molar-refractivity contribution >= 4 is 16.8 Å². The van der Waals surface area contributed by atoms with Gasteiger partial charge in [-0.1, -0.05) is 6.07 Å². The fourth-order valence-electron chi connectivity index (χ4n) is 2.15. The first-order valence-electron chi connectivity index (χ1n) is 5.82. The monoisotopic (exact) mass is 254 g/mol. The Hall–Kier alpha value is -2.62. The summed E-state index contributed by atoms with van der Waals surface area (Å²) in [7, 11) is 0. The minimum atomic E-state index is -0.468. The molecular weight excluding hydrogens is 243 g/mol. The number of primary amides is 1. The Labute approximate surface area is 109 Å². The van der Waals surface area contributed by atoms with Crippen molar-refractivity contribution < 1.29 is 9.18 Å². The molecule has 0 aliphatic carbocycles. The van der Waals surface area contributed by atoms with Gasteiger partial charge < -0.3 is 10.3 Å². The van der Waals surface area contributed by atoms with Crippen molar-refractivity contribution in [1.82, 2.24) is 4.57 Å². The highest BCUT2D eigenvalue weighted by Crippen LogP contribution is 2.21. The molecule has 94 valence electrons. The van der Waals surface area contributed by atoms with Crippen LogP contribution in [0.2, 0.25) is 0 Å². The van der Waals surface area contributed by atoms with Crippen LogP contribution in [0, 0.1) is 5.82 Å². The molecule has 0 fully saturated rings. The summed E-state index contributed by atoms with van der Waals surface area (Å²) in [4.78, 5) is 11.2. The normalized spacial score (nSPS) is 10.8. The maximum absolute atomic E-state index is 13.1. The van der Waals surface area contributed by atoms with E-state index in [4.69, 9.17) is 5.73 Å². The summed E-state index contributed by atoms with van der Waals surface area (Å²) in [6.45, 7) is 0. The predicted octanol–water partition coefficient (Wildman–Crippen LogP) is 2.87. The zero-order valence-electron chi connectivity index (χ0n) is 10.0. The molecular formula is C15H11FN2O. The summed E-state index contributed by atoms with van der Waals surface area (Å²) < 4.78 is 15.0. The lowest BCUT2D eigenvalue weighted by atomic mass is 10.2. The molecule has 0 saturated carbocycles. The van der Waals surface area contributed by atoms with Gasteiger partial charge in [-0.25, -0.2) is 4.39 Å². The van der Waals surface area contributed by atoms with E-state index >= 15 is 0 Å². The highest BCUT2D eigenvalue weighted by atomic mass is 19.1. The second kappa shape index (κ2) is 4.24. The Bertz CT molecular complexity index is 777. The molecule has 0 aliphatic heterocycles. The predicted molar refractivity (Wildman–Crippen MR) is 71.8 cm³/mol. The first kappa shape index (κ1) is 11.5. The largest absolute Gasteiger partial charge is 0.366 e. The molecule has 4 heteroatoms. The molecule has 1 aromatic heterocycles. The SMILES string of the molecule is NC(=O)c1cccc(-n2ccc3cc(F)ccc32)c1. The van der Waals surface area contributed by atoms with E-state index in [-0.39, 0.29) is 5.82 Å². The van der Waals surface area contributed by atoms with Crippen LogP contribution in [0.4, 0.5) is 4.39 Å². The first-order valence-corrected chi connectivity index (χ1v) is 5.82. The molecule has 3 aromatic rings. The Balaban J connectivity index is 2.19. The van der Waals surface area contributed by atoms with Gasteiger partial charge in [-0.3, -0.25) is 4.79 Å². The van der Waals surface area contributed by atoms with Crippen molar-refractivity contribution in [2.45, 2.75) is 0 Å². The molecule has 0 bridgehead atoms. The van der Waals surface area contributed by atoms with Crippen LogP contribution in [0.15, 0.2) is 54.7 Å². The van der Waals surface area contributed by atoms with Gasteiger partial charge in [-0.2, -0.15) is 0 Å². The topological polar surface area (TPSA) is 48.0 Å². The van der Waals surface area contributed by atoms with E-state index < -0.39 is 5.91 Å². The molecule has 2 aromatic carbocycles. The Morgan fingerprint density at radius 2 is 1.95 bits per heavy atom. The summed E-state index contributed by atoms with van der Waals surface area (Å²) >= 11 is 0. The molecule has 19 heavy (non-hydrogen) atoms. The van der Waals surface area contributed by atoms with E-state index in [1.807, 2.05) is 22.9 Å². The van der Waals surface area contributed by atoms with Gasteiger partial charge in [0.2, 0.25) is 5.91 Å². The number of aromatic nitrogens is 1. The third-order valence-electron chi connectivity index (χ3n) is 3.06. The molecule has 0 unspecified atom stereocenters. The van der Waals surface area contributed by atoms with Gasteiger partial charge in [-0.15, -0.1) is 0 Å². The molecule has 0 atom stereocenters. The number of nitrogens with zero attached hydrogens (tertiary/aromatic N) is 1. The maximum Gasteiger partial charge on any atom is 0.248 e. The minimum Gasteiger partial charge on any atom is -0.366 e. The molecule has 2 N–H and O–H groups in total. The van der Waals surface area contributed by atoms with Crippen molar-refractivity contribution in [3.63, 3.8) is 0 Å². The number of nitrogens with two attached hydrogens (primary N) is 1. The van der Waals surface area contributed by atoms with Gasteiger partial charge in [0.05, 0.1) is 5.52 Å². The number of carbonyl (C=O) groups excluding carboxylic acids is 1. The molecule has 0 radical (unpaired) electrons. The number of hydrogen-bond donors (Lipinski definition) is 1. The quantitative estimate of drug-likeness (QED) is 0.751. The smallest absolute Gasteiger partial charge is 0.248 e. The first-order chi connectivity index (χ1) is 9.15. The van der Waals surface area contributed by atoms with E-state index in [1.165, 1.54) is 12.1 Å². The maximum atomic E-state index is 13.1. The number of amides is 1. The van der Waals surface area contributed by atoms with Crippen molar-refractivity contribution in [3.05, 3.63) is 66.1 Å². The van der Waals surface area contributed by atoms with Crippen LogP contribution < -0.4 is 5.73 Å². The molecule has 1 heterocycles. The number of fused-ring (bicyclic) bond motifs is 1. The number of benzene rings is 2. The minimum absolute atomic E-state index is 0.267. The lowest BCUT2D eigenvalue weighted by Gasteiger charge is -2.06. The summed E-state index contributed by atoms with van der Waals surface area (Å²) in [5.74, 6) is -0.736. The second-order valence-corrected chi connectivity index (χ2v) is 4.30.